The predicted molar refractivity (Wildman–Crippen MR) is 110 cm³/mol. The summed E-state index contributed by atoms with van der Waals surface area (Å²) in [6.07, 6.45) is 3.46. The number of ether oxygens (including phenoxy) is 1. The SMILES string of the molecule is CC(=O)c1ccc(OCC(=O)NCCCCCc2nc(-c3cccs3)no2)cc1. The lowest BCUT2D eigenvalue weighted by atomic mass is 10.1. The Balaban J connectivity index is 1.26. The van der Waals surface area contributed by atoms with Crippen molar-refractivity contribution in [3.63, 3.8) is 0 Å². The second-order valence-electron chi connectivity index (χ2n) is 6.52. The van der Waals surface area contributed by atoms with Gasteiger partial charge in [0, 0.05) is 18.5 Å². The number of carbonyl (C=O) groups is 2. The van der Waals surface area contributed by atoms with E-state index in [0.717, 1.165) is 30.6 Å². The first kappa shape index (κ1) is 20.7. The predicted octanol–water partition coefficient (Wildman–Crippen LogP) is 3.91. The Bertz CT molecular complexity index is 920. The lowest BCUT2D eigenvalue weighted by molar-refractivity contribution is -0.123. The normalized spacial score (nSPS) is 10.7. The van der Waals surface area contributed by atoms with Gasteiger partial charge in [0.25, 0.3) is 5.91 Å². The van der Waals surface area contributed by atoms with E-state index in [1.165, 1.54) is 6.92 Å². The number of aromatic nitrogens is 2. The van der Waals surface area contributed by atoms with E-state index in [2.05, 4.69) is 15.5 Å². The molecule has 7 nitrogen and oxygen atoms in total. The Kier molecular flexibility index (Phi) is 7.52. The summed E-state index contributed by atoms with van der Waals surface area (Å²) in [4.78, 5) is 28.5. The fraction of sp³-hybridized carbons (Fsp3) is 0.333. The molecule has 0 unspecified atom stereocenters. The molecule has 0 saturated heterocycles. The smallest absolute Gasteiger partial charge is 0.257 e. The lowest BCUT2D eigenvalue weighted by Crippen LogP contribution is -2.29. The van der Waals surface area contributed by atoms with E-state index in [0.29, 0.717) is 29.6 Å². The van der Waals surface area contributed by atoms with Gasteiger partial charge in [0.15, 0.2) is 12.4 Å². The van der Waals surface area contributed by atoms with Gasteiger partial charge in [0.2, 0.25) is 11.7 Å². The van der Waals surface area contributed by atoms with E-state index >= 15 is 0 Å². The highest BCUT2D eigenvalue weighted by atomic mass is 32.1. The standard InChI is InChI=1S/C21H23N3O4S/c1-15(25)16-8-10-17(11-9-16)27-14-19(26)22-12-4-2-3-7-20-23-21(24-28-20)18-6-5-13-29-18/h5-6,8-11,13H,2-4,7,12,14H2,1H3,(H,22,26). The van der Waals surface area contributed by atoms with Crippen LogP contribution in [-0.4, -0.2) is 35.0 Å². The number of nitrogens with zero attached hydrogens (tertiary/aromatic N) is 2. The van der Waals surface area contributed by atoms with Gasteiger partial charge in [-0.3, -0.25) is 9.59 Å². The summed E-state index contributed by atoms with van der Waals surface area (Å²) in [5, 5.41) is 8.81. The van der Waals surface area contributed by atoms with Crippen LogP contribution in [0, 0.1) is 0 Å². The van der Waals surface area contributed by atoms with Crippen LogP contribution in [-0.2, 0) is 11.2 Å². The number of ketones is 1. The molecule has 3 aromatic rings. The average Bonchev–Trinajstić information content (AvgIpc) is 3.41. The zero-order chi connectivity index (χ0) is 20.5. The zero-order valence-corrected chi connectivity index (χ0v) is 17.0. The highest BCUT2D eigenvalue weighted by Gasteiger charge is 2.09. The minimum atomic E-state index is -0.168. The molecule has 0 saturated carbocycles. The van der Waals surface area contributed by atoms with Crippen LogP contribution in [0.15, 0.2) is 46.3 Å². The second kappa shape index (κ2) is 10.5. The third-order valence-corrected chi connectivity index (χ3v) is 5.10. The van der Waals surface area contributed by atoms with Gasteiger partial charge >= 0.3 is 0 Å². The number of hydrogen-bond acceptors (Lipinski definition) is 7. The van der Waals surface area contributed by atoms with Crippen LogP contribution in [0.1, 0.15) is 42.4 Å². The van der Waals surface area contributed by atoms with Gasteiger partial charge in [-0.15, -0.1) is 11.3 Å². The van der Waals surface area contributed by atoms with Gasteiger partial charge < -0.3 is 14.6 Å². The Morgan fingerprint density at radius 3 is 2.69 bits per heavy atom. The summed E-state index contributed by atoms with van der Waals surface area (Å²) >= 11 is 1.58. The van der Waals surface area contributed by atoms with Gasteiger partial charge in [-0.1, -0.05) is 17.6 Å². The number of rotatable bonds is 11. The molecule has 29 heavy (non-hydrogen) atoms. The highest BCUT2D eigenvalue weighted by molar-refractivity contribution is 7.13. The van der Waals surface area contributed by atoms with E-state index in [1.54, 1.807) is 35.6 Å². The van der Waals surface area contributed by atoms with E-state index in [-0.39, 0.29) is 18.3 Å². The average molecular weight is 413 g/mol. The molecule has 1 amide bonds. The van der Waals surface area contributed by atoms with Gasteiger partial charge in [0.1, 0.15) is 5.75 Å². The summed E-state index contributed by atoms with van der Waals surface area (Å²) in [6, 6.07) is 10.7. The van der Waals surface area contributed by atoms with Gasteiger partial charge in [-0.2, -0.15) is 4.98 Å². The number of nitrogens with one attached hydrogen (secondary N) is 1. The molecule has 152 valence electrons. The Morgan fingerprint density at radius 1 is 1.14 bits per heavy atom. The Morgan fingerprint density at radius 2 is 1.97 bits per heavy atom. The van der Waals surface area contributed by atoms with Crippen molar-refractivity contribution < 1.29 is 18.8 Å². The molecule has 0 aliphatic rings. The van der Waals surface area contributed by atoms with E-state index in [4.69, 9.17) is 9.26 Å². The molecule has 1 N–H and O–H groups in total. The summed E-state index contributed by atoms with van der Waals surface area (Å²) < 4.78 is 10.7. The summed E-state index contributed by atoms with van der Waals surface area (Å²) in [5.41, 5.74) is 0.616. The second-order valence-corrected chi connectivity index (χ2v) is 7.47. The molecule has 0 radical (unpaired) electrons. The van der Waals surface area contributed by atoms with Crippen molar-refractivity contribution >= 4 is 23.0 Å². The molecule has 3 rings (SSSR count). The molecule has 2 aromatic heterocycles. The van der Waals surface area contributed by atoms with Crippen molar-refractivity contribution in [3.8, 4) is 16.5 Å². The van der Waals surface area contributed by atoms with E-state index in [9.17, 15) is 9.59 Å². The topological polar surface area (TPSA) is 94.3 Å². The molecule has 8 heteroatoms. The van der Waals surface area contributed by atoms with Crippen molar-refractivity contribution in [3.05, 3.63) is 53.2 Å². The third kappa shape index (κ3) is 6.53. The molecule has 1 aromatic carbocycles. The molecule has 0 aliphatic heterocycles. The van der Waals surface area contributed by atoms with Crippen LogP contribution < -0.4 is 10.1 Å². The Hall–Kier alpha value is -3.00. The van der Waals surface area contributed by atoms with Crippen LogP contribution in [0.3, 0.4) is 0 Å². The molecule has 0 bridgehead atoms. The molecular formula is C21H23N3O4S. The minimum Gasteiger partial charge on any atom is -0.484 e. The fourth-order valence-corrected chi connectivity index (χ4v) is 3.30. The highest BCUT2D eigenvalue weighted by Crippen LogP contribution is 2.21. The van der Waals surface area contributed by atoms with Crippen LogP contribution >= 0.6 is 11.3 Å². The maximum absolute atomic E-state index is 11.8. The number of amides is 1. The lowest BCUT2D eigenvalue weighted by Gasteiger charge is -2.07. The number of Topliss-reactive ketones (excluding diaryl/α,β-unsaturated/α-hetero) is 1. The molecule has 0 aliphatic carbocycles. The molecule has 0 fully saturated rings. The molecule has 0 atom stereocenters. The fourth-order valence-electron chi connectivity index (χ4n) is 2.65. The van der Waals surface area contributed by atoms with Crippen LogP contribution in [0.2, 0.25) is 0 Å². The number of hydrogen-bond donors (Lipinski definition) is 1. The van der Waals surface area contributed by atoms with Crippen molar-refractivity contribution in [1.29, 1.82) is 0 Å². The quantitative estimate of drug-likeness (QED) is 0.378. The maximum Gasteiger partial charge on any atom is 0.257 e. The van der Waals surface area contributed by atoms with Crippen molar-refractivity contribution in [2.45, 2.75) is 32.6 Å². The third-order valence-electron chi connectivity index (χ3n) is 4.23. The first-order valence-corrected chi connectivity index (χ1v) is 10.4. The number of benzene rings is 1. The van der Waals surface area contributed by atoms with Crippen molar-refractivity contribution in [1.82, 2.24) is 15.5 Å². The van der Waals surface area contributed by atoms with Gasteiger partial charge in [-0.05, 0) is 55.5 Å². The van der Waals surface area contributed by atoms with Gasteiger partial charge in [-0.25, -0.2) is 0 Å². The number of aryl methyl sites for hydroxylation is 1. The van der Waals surface area contributed by atoms with Crippen LogP contribution in [0.5, 0.6) is 5.75 Å². The van der Waals surface area contributed by atoms with E-state index < -0.39 is 0 Å². The first-order chi connectivity index (χ1) is 14.1. The monoisotopic (exact) mass is 413 g/mol. The number of carbonyl (C=O) groups excluding carboxylic acids is 2. The van der Waals surface area contributed by atoms with Crippen LogP contribution in [0.25, 0.3) is 10.7 Å². The number of thiophene rings is 1. The molecule has 2 heterocycles. The van der Waals surface area contributed by atoms with Crippen LogP contribution in [0.4, 0.5) is 0 Å². The maximum atomic E-state index is 11.8. The first-order valence-electron chi connectivity index (χ1n) is 9.49. The van der Waals surface area contributed by atoms with E-state index in [1.807, 2.05) is 17.5 Å². The summed E-state index contributed by atoms with van der Waals surface area (Å²) in [6.45, 7) is 2.05. The molecular weight excluding hydrogens is 390 g/mol. The zero-order valence-electron chi connectivity index (χ0n) is 16.2. The summed E-state index contributed by atoms with van der Waals surface area (Å²) in [5.74, 6) is 1.67. The summed E-state index contributed by atoms with van der Waals surface area (Å²) in [7, 11) is 0. The number of unbranched alkanes of at least 4 members (excludes halogenated alkanes) is 2. The Labute approximate surface area is 173 Å². The largest absolute Gasteiger partial charge is 0.484 e. The minimum absolute atomic E-state index is 0.00339. The van der Waals surface area contributed by atoms with Crippen molar-refractivity contribution in [2.75, 3.05) is 13.2 Å². The van der Waals surface area contributed by atoms with Crippen molar-refractivity contribution in [2.24, 2.45) is 0 Å². The van der Waals surface area contributed by atoms with Gasteiger partial charge in [0.05, 0.1) is 4.88 Å². The molecule has 0 spiro atoms.